The largest absolute Gasteiger partial charge is 0.416 e. The van der Waals surface area contributed by atoms with Crippen LogP contribution in [0, 0.1) is 12.8 Å². The third-order valence-electron chi connectivity index (χ3n) is 5.61. The van der Waals surface area contributed by atoms with Crippen LogP contribution in [0.15, 0.2) is 65.7 Å². The van der Waals surface area contributed by atoms with E-state index < -0.39 is 17.6 Å². The average molecular weight is 512 g/mol. The lowest BCUT2D eigenvalue weighted by atomic mass is 10.1. The summed E-state index contributed by atoms with van der Waals surface area (Å²) >= 11 is 0. The molecule has 0 heterocycles. The monoisotopic (exact) mass is 511 g/mol. The molecule has 6 N–H and O–H groups in total. The van der Waals surface area contributed by atoms with Gasteiger partial charge in [-0.3, -0.25) is 9.79 Å². The lowest BCUT2D eigenvalue weighted by Crippen LogP contribution is -2.15. The number of nitrogens with zero attached hydrogens (tertiary/aromatic N) is 1. The molecule has 0 unspecified atom stereocenters. The summed E-state index contributed by atoms with van der Waals surface area (Å²) in [6.07, 6.45) is -1.18. The summed E-state index contributed by atoms with van der Waals surface area (Å²) in [7, 11) is 1.57. The number of carbonyl (C=O) groups is 2. The van der Waals surface area contributed by atoms with Crippen molar-refractivity contribution in [3.63, 3.8) is 0 Å². The molecular formula is C27H28F3N5O2. The van der Waals surface area contributed by atoms with Gasteiger partial charge < -0.3 is 26.9 Å². The molecule has 7 nitrogen and oxygen atoms in total. The Morgan fingerprint density at radius 1 is 1.05 bits per heavy atom. The van der Waals surface area contributed by atoms with Gasteiger partial charge in [0.05, 0.1) is 5.56 Å². The van der Waals surface area contributed by atoms with Gasteiger partial charge in [-0.15, -0.1) is 0 Å². The summed E-state index contributed by atoms with van der Waals surface area (Å²) in [4.78, 5) is 26.1. The van der Waals surface area contributed by atoms with Gasteiger partial charge in [0.15, 0.2) is 0 Å². The second-order valence-corrected chi connectivity index (χ2v) is 8.57. The van der Waals surface area contributed by atoms with Gasteiger partial charge in [0.25, 0.3) is 5.91 Å². The first-order chi connectivity index (χ1) is 17.5. The first kappa shape index (κ1) is 27.3. The lowest BCUT2D eigenvalue weighted by Gasteiger charge is -2.14. The molecule has 1 saturated carbocycles. The first-order valence-corrected chi connectivity index (χ1v) is 11.5. The third kappa shape index (κ3) is 7.57. The fourth-order valence-electron chi connectivity index (χ4n) is 3.26. The number of anilines is 4. The van der Waals surface area contributed by atoms with Crippen molar-refractivity contribution in [1.29, 1.82) is 0 Å². The molecule has 0 atom stereocenters. The Morgan fingerprint density at radius 2 is 1.78 bits per heavy atom. The first-order valence-electron chi connectivity index (χ1n) is 11.5. The highest BCUT2D eigenvalue weighted by atomic mass is 19.4. The van der Waals surface area contributed by atoms with Crippen molar-refractivity contribution in [1.82, 2.24) is 0 Å². The maximum absolute atomic E-state index is 12.9. The van der Waals surface area contributed by atoms with Gasteiger partial charge in [0, 0.05) is 46.8 Å². The molecular weight excluding hydrogens is 483 g/mol. The van der Waals surface area contributed by atoms with Crippen LogP contribution in [-0.4, -0.2) is 25.1 Å². The number of carbonyl (C=O) groups excluding carboxylic acids is 2. The number of alkyl halides is 3. The molecule has 4 rings (SSSR count). The van der Waals surface area contributed by atoms with Crippen LogP contribution in [0.3, 0.4) is 0 Å². The van der Waals surface area contributed by atoms with E-state index >= 15 is 0 Å². The molecule has 3 aromatic carbocycles. The minimum atomic E-state index is -4.49. The number of aliphatic imine (C=N–C) groups is 1. The van der Waals surface area contributed by atoms with Crippen molar-refractivity contribution in [3.05, 3.63) is 82.9 Å². The van der Waals surface area contributed by atoms with E-state index in [1.807, 2.05) is 6.92 Å². The van der Waals surface area contributed by atoms with Crippen molar-refractivity contribution in [2.24, 2.45) is 16.6 Å². The van der Waals surface area contributed by atoms with E-state index in [0.717, 1.165) is 36.8 Å². The number of rotatable bonds is 6. The molecule has 10 heteroatoms. The van der Waals surface area contributed by atoms with Gasteiger partial charge in [0.2, 0.25) is 0 Å². The summed E-state index contributed by atoms with van der Waals surface area (Å²) in [5, 5.41) is 5.70. The number of benzene rings is 3. The number of nitrogen functional groups attached to an aromatic ring is 1. The van der Waals surface area contributed by atoms with Crippen LogP contribution in [0.1, 0.15) is 39.9 Å². The fraction of sp³-hybridized carbons (Fsp3) is 0.222. The van der Waals surface area contributed by atoms with E-state index in [1.165, 1.54) is 12.1 Å². The van der Waals surface area contributed by atoms with Crippen molar-refractivity contribution >= 4 is 40.8 Å². The zero-order valence-electron chi connectivity index (χ0n) is 20.4. The highest BCUT2D eigenvalue weighted by molar-refractivity contribution is 6.05. The minimum absolute atomic E-state index is 0.0541. The minimum Gasteiger partial charge on any atom is -0.398 e. The highest BCUT2D eigenvalue weighted by Gasteiger charge is 2.30. The molecule has 0 saturated heterocycles. The van der Waals surface area contributed by atoms with E-state index in [1.54, 1.807) is 43.4 Å². The number of nitrogens with two attached hydrogens (primary N) is 2. The zero-order valence-corrected chi connectivity index (χ0v) is 20.4. The van der Waals surface area contributed by atoms with E-state index in [9.17, 15) is 22.8 Å². The average Bonchev–Trinajstić information content (AvgIpc) is 3.70. The van der Waals surface area contributed by atoms with Gasteiger partial charge in [-0.05, 0) is 73.9 Å². The van der Waals surface area contributed by atoms with Crippen LogP contribution in [0.25, 0.3) is 0 Å². The SMILES string of the molecule is CN=C(N)c1ccc(Nc2cc(C(=O)Nc3cccc(C(F)(F)F)c3)ccc2C)cc1N.O=CC1CC1. The number of halogens is 3. The second kappa shape index (κ2) is 11.6. The van der Waals surface area contributed by atoms with Crippen molar-refractivity contribution in [2.75, 3.05) is 23.4 Å². The Labute approximate surface area is 212 Å². The zero-order chi connectivity index (χ0) is 27.2. The highest BCUT2D eigenvalue weighted by Crippen LogP contribution is 2.31. The molecule has 37 heavy (non-hydrogen) atoms. The van der Waals surface area contributed by atoms with Crippen LogP contribution < -0.4 is 22.1 Å². The Kier molecular flexibility index (Phi) is 8.54. The summed E-state index contributed by atoms with van der Waals surface area (Å²) < 4.78 is 38.7. The second-order valence-electron chi connectivity index (χ2n) is 8.57. The summed E-state index contributed by atoms with van der Waals surface area (Å²) in [5.41, 5.74) is 14.6. The molecule has 1 fully saturated rings. The fourth-order valence-corrected chi connectivity index (χ4v) is 3.26. The number of nitrogens with one attached hydrogen (secondary N) is 2. The Morgan fingerprint density at radius 3 is 2.35 bits per heavy atom. The number of aldehydes is 1. The number of amides is 1. The maximum atomic E-state index is 12.9. The van der Waals surface area contributed by atoms with Crippen LogP contribution >= 0.6 is 0 Å². The third-order valence-corrected chi connectivity index (χ3v) is 5.61. The van der Waals surface area contributed by atoms with Gasteiger partial charge in [-0.25, -0.2) is 0 Å². The van der Waals surface area contributed by atoms with E-state index in [2.05, 4.69) is 15.6 Å². The molecule has 1 aliphatic rings. The van der Waals surface area contributed by atoms with Crippen molar-refractivity contribution in [2.45, 2.75) is 25.9 Å². The van der Waals surface area contributed by atoms with E-state index in [-0.39, 0.29) is 11.3 Å². The summed E-state index contributed by atoms with van der Waals surface area (Å²) in [5.74, 6) is 0.239. The van der Waals surface area contributed by atoms with Crippen LogP contribution in [-0.2, 0) is 11.0 Å². The number of amidine groups is 1. The quantitative estimate of drug-likeness (QED) is 0.150. The molecule has 0 spiro atoms. The number of hydrogen-bond acceptors (Lipinski definition) is 5. The van der Waals surface area contributed by atoms with Gasteiger partial charge >= 0.3 is 6.18 Å². The lowest BCUT2D eigenvalue weighted by molar-refractivity contribution is -0.137. The number of hydrogen-bond donors (Lipinski definition) is 4. The van der Waals surface area contributed by atoms with Gasteiger partial charge in [-0.1, -0.05) is 12.1 Å². The molecule has 1 aliphatic carbocycles. The van der Waals surface area contributed by atoms with E-state index in [0.29, 0.717) is 34.4 Å². The van der Waals surface area contributed by atoms with Gasteiger partial charge in [0.1, 0.15) is 12.1 Å². The predicted molar refractivity (Wildman–Crippen MR) is 140 cm³/mol. The topological polar surface area (TPSA) is 123 Å². The summed E-state index contributed by atoms with van der Waals surface area (Å²) in [6, 6.07) is 14.6. The van der Waals surface area contributed by atoms with Crippen LogP contribution in [0.4, 0.5) is 35.9 Å². The van der Waals surface area contributed by atoms with Gasteiger partial charge in [-0.2, -0.15) is 13.2 Å². The smallest absolute Gasteiger partial charge is 0.398 e. The predicted octanol–water partition coefficient (Wildman–Crippen LogP) is 5.52. The Balaban J connectivity index is 0.000000678. The number of aryl methyl sites for hydroxylation is 1. The van der Waals surface area contributed by atoms with Crippen molar-refractivity contribution < 1.29 is 22.8 Å². The Bertz CT molecular complexity index is 1320. The summed E-state index contributed by atoms with van der Waals surface area (Å²) in [6.45, 7) is 1.86. The normalized spacial score (nSPS) is 13.3. The molecule has 1 amide bonds. The van der Waals surface area contributed by atoms with Crippen molar-refractivity contribution in [3.8, 4) is 0 Å². The standard InChI is InChI=1S/C23H22F3N5O.C4H6O/c1-13-6-7-14(22(32)31-16-5-3-4-15(11-16)23(24,25)26)10-20(13)30-17-8-9-18(19(27)12-17)21(28)29-2;5-3-4-1-2-4/h3-12,30H,27H2,1-2H3,(H2,28,29)(H,31,32);3-4H,1-2H2. The molecule has 0 bridgehead atoms. The van der Waals surface area contributed by atoms with E-state index in [4.69, 9.17) is 11.5 Å². The Hall–Kier alpha value is -4.34. The maximum Gasteiger partial charge on any atom is 0.416 e. The molecule has 194 valence electrons. The molecule has 3 aromatic rings. The van der Waals surface area contributed by atoms with Crippen LogP contribution in [0.5, 0.6) is 0 Å². The van der Waals surface area contributed by atoms with Crippen LogP contribution in [0.2, 0.25) is 0 Å². The molecule has 0 radical (unpaired) electrons. The molecule has 0 aromatic heterocycles. The molecule has 0 aliphatic heterocycles.